The van der Waals surface area contributed by atoms with Crippen LogP contribution in [0, 0.1) is 12.7 Å². The first-order valence-electron chi connectivity index (χ1n) is 6.32. The molecule has 3 rings (SSSR count). The molecule has 0 saturated carbocycles. The minimum Gasteiger partial charge on any atom is -0.207 e. The SMILES string of the molecule is Cc1ccc(S(=O)(=O)N2CC2c2cccc(F)c2)cc1. The van der Waals surface area contributed by atoms with Crippen LogP contribution in [0.1, 0.15) is 17.2 Å². The molecule has 0 N–H and O–H groups in total. The van der Waals surface area contributed by atoms with Crippen molar-refractivity contribution in [3.8, 4) is 0 Å². The number of aryl methyl sites for hydroxylation is 1. The Morgan fingerprint density at radius 1 is 1.15 bits per heavy atom. The van der Waals surface area contributed by atoms with Crippen LogP contribution in [-0.2, 0) is 10.0 Å². The Balaban J connectivity index is 1.86. The number of nitrogens with zero attached hydrogens (tertiary/aromatic N) is 1. The lowest BCUT2D eigenvalue weighted by molar-refractivity contribution is 0.553. The van der Waals surface area contributed by atoms with E-state index in [9.17, 15) is 12.8 Å². The molecule has 3 nitrogen and oxygen atoms in total. The van der Waals surface area contributed by atoms with Crippen molar-refractivity contribution in [1.82, 2.24) is 4.31 Å². The number of hydrogen-bond acceptors (Lipinski definition) is 2. The molecule has 1 aliphatic heterocycles. The Labute approximate surface area is 117 Å². The molecule has 0 amide bonds. The van der Waals surface area contributed by atoms with Crippen molar-refractivity contribution in [2.45, 2.75) is 17.9 Å². The van der Waals surface area contributed by atoms with Gasteiger partial charge < -0.3 is 0 Å². The lowest BCUT2D eigenvalue weighted by Gasteiger charge is -2.07. The van der Waals surface area contributed by atoms with Crippen LogP contribution >= 0.6 is 0 Å². The van der Waals surface area contributed by atoms with Crippen molar-refractivity contribution in [3.63, 3.8) is 0 Å². The Bertz CT molecular complexity index is 741. The first-order chi connectivity index (χ1) is 9.48. The van der Waals surface area contributed by atoms with Crippen molar-refractivity contribution in [2.75, 3.05) is 6.54 Å². The van der Waals surface area contributed by atoms with E-state index in [0.717, 1.165) is 5.56 Å². The topological polar surface area (TPSA) is 37.1 Å². The van der Waals surface area contributed by atoms with Gasteiger partial charge in [0.2, 0.25) is 10.0 Å². The predicted octanol–water partition coefficient (Wildman–Crippen LogP) is 2.88. The molecule has 1 aliphatic rings. The quantitative estimate of drug-likeness (QED) is 0.815. The standard InChI is InChI=1S/C15H14FNO2S/c1-11-5-7-14(8-6-11)20(18,19)17-10-15(17)12-3-2-4-13(16)9-12/h2-9,15H,10H2,1H3. The average Bonchev–Trinajstić information content (AvgIpc) is 3.20. The third-order valence-electron chi connectivity index (χ3n) is 3.43. The second-order valence-corrected chi connectivity index (χ2v) is 6.85. The van der Waals surface area contributed by atoms with E-state index in [1.807, 2.05) is 6.92 Å². The second kappa shape index (κ2) is 4.68. The van der Waals surface area contributed by atoms with Gasteiger partial charge in [-0.1, -0.05) is 29.8 Å². The normalized spacial score (nSPS) is 21.7. The molecule has 1 fully saturated rings. The first-order valence-corrected chi connectivity index (χ1v) is 7.76. The van der Waals surface area contributed by atoms with Crippen LogP contribution in [0.25, 0.3) is 0 Å². The summed E-state index contributed by atoms with van der Waals surface area (Å²) < 4.78 is 39.4. The molecule has 2 aromatic carbocycles. The van der Waals surface area contributed by atoms with Crippen LogP contribution in [0.5, 0.6) is 0 Å². The molecule has 0 bridgehead atoms. The Morgan fingerprint density at radius 3 is 2.50 bits per heavy atom. The van der Waals surface area contributed by atoms with Gasteiger partial charge in [-0.15, -0.1) is 0 Å². The highest BCUT2D eigenvalue weighted by molar-refractivity contribution is 7.89. The van der Waals surface area contributed by atoms with E-state index >= 15 is 0 Å². The molecule has 2 atom stereocenters. The highest BCUT2D eigenvalue weighted by Crippen LogP contribution is 2.40. The Morgan fingerprint density at radius 2 is 1.85 bits per heavy atom. The van der Waals surface area contributed by atoms with Gasteiger partial charge in [0.05, 0.1) is 10.9 Å². The molecule has 20 heavy (non-hydrogen) atoms. The summed E-state index contributed by atoms with van der Waals surface area (Å²) in [4.78, 5) is 0.280. The van der Waals surface area contributed by atoms with Crippen LogP contribution in [0.2, 0.25) is 0 Å². The monoisotopic (exact) mass is 291 g/mol. The predicted molar refractivity (Wildman–Crippen MR) is 74.2 cm³/mol. The maximum absolute atomic E-state index is 13.2. The van der Waals surface area contributed by atoms with Gasteiger partial charge in [0, 0.05) is 6.54 Å². The highest BCUT2D eigenvalue weighted by Gasteiger charge is 2.45. The molecule has 2 aromatic rings. The van der Waals surface area contributed by atoms with E-state index in [-0.39, 0.29) is 16.8 Å². The van der Waals surface area contributed by atoms with Gasteiger partial charge in [0.25, 0.3) is 0 Å². The van der Waals surface area contributed by atoms with Crippen LogP contribution in [-0.4, -0.2) is 19.3 Å². The van der Waals surface area contributed by atoms with Crippen molar-refractivity contribution in [1.29, 1.82) is 0 Å². The minimum absolute atomic E-state index is 0.253. The summed E-state index contributed by atoms with van der Waals surface area (Å²) in [6.45, 7) is 2.31. The van der Waals surface area contributed by atoms with E-state index < -0.39 is 10.0 Å². The van der Waals surface area contributed by atoms with E-state index in [0.29, 0.717) is 12.1 Å². The highest BCUT2D eigenvalue weighted by atomic mass is 32.2. The molecule has 1 saturated heterocycles. The Kier molecular flexibility index (Phi) is 3.11. The minimum atomic E-state index is -3.48. The molecule has 5 heteroatoms. The molecule has 0 radical (unpaired) electrons. The fraction of sp³-hybridized carbons (Fsp3) is 0.200. The van der Waals surface area contributed by atoms with Crippen molar-refractivity contribution < 1.29 is 12.8 Å². The van der Waals surface area contributed by atoms with Gasteiger partial charge in [-0.25, -0.2) is 12.8 Å². The van der Waals surface area contributed by atoms with Gasteiger partial charge in [-0.05, 0) is 36.8 Å². The third-order valence-corrected chi connectivity index (χ3v) is 5.32. The van der Waals surface area contributed by atoms with Crippen molar-refractivity contribution in [2.24, 2.45) is 0 Å². The smallest absolute Gasteiger partial charge is 0.207 e. The van der Waals surface area contributed by atoms with Crippen molar-refractivity contribution in [3.05, 3.63) is 65.5 Å². The zero-order chi connectivity index (χ0) is 14.3. The van der Waals surface area contributed by atoms with Crippen LogP contribution in [0.4, 0.5) is 4.39 Å². The van der Waals surface area contributed by atoms with Gasteiger partial charge in [-0.3, -0.25) is 0 Å². The molecular formula is C15H14FNO2S. The van der Waals surface area contributed by atoms with Crippen LogP contribution < -0.4 is 0 Å². The summed E-state index contributed by atoms with van der Waals surface area (Å²) in [6, 6.07) is 12.6. The van der Waals surface area contributed by atoms with Gasteiger partial charge in [0.1, 0.15) is 5.82 Å². The lowest BCUT2D eigenvalue weighted by Crippen LogP contribution is -2.12. The molecular weight excluding hydrogens is 277 g/mol. The van der Waals surface area contributed by atoms with Crippen LogP contribution in [0.15, 0.2) is 53.4 Å². The first kappa shape index (κ1) is 13.3. The number of rotatable bonds is 3. The molecule has 2 unspecified atom stereocenters. The van der Waals surface area contributed by atoms with E-state index in [4.69, 9.17) is 0 Å². The largest absolute Gasteiger partial charge is 0.243 e. The summed E-state index contributed by atoms with van der Waals surface area (Å²) in [5, 5.41) is 0. The number of hydrogen-bond donors (Lipinski definition) is 0. The summed E-state index contributed by atoms with van der Waals surface area (Å²) in [5.74, 6) is -0.345. The lowest BCUT2D eigenvalue weighted by atomic mass is 10.2. The zero-order valence-electron chi connectivity index (χ0n) is 11.0. The van der Waals surface area contributed by atoms with Gasteiger partial charge in [-0.2, -0.15) is 4.31 Å². The maximum atomic E-state index is 13.2. The summed E-state index contributed by atoms with van der Waals surface area (Å²) in [6.07, 6.45) is 0. The number of benzene rings is 2. The third kappa shape index (κ3) is 2.34. The van der Waals surface area contributed by atoms with Crippen molar-refractivity contribution >= 4 is 10.0 Å². The molecule has 0 spiro atoms. The second-order valence-electron chi connectivity index (χ2n) is 4.96. The maximum Gasteiger partial charge on any atom is 0.243 e. The van der Waals surface area contributed by atoms with E-state index in [1.165, 1.54) is 16.4 Å². The average molecular weight is 291 g/mol. The summed E-state index contributed by atoms with van der Waals surface area (Å²) in [7, 11) is -3.48. The van der Waals surface area contributed by atoms with Gasteiger partial charge in [0.15, 0.2) is 0 Å². The zero-order valence-corrected chi connectivity index (χ0v) is 11.8. The molecule has 0 aliphatic carbocycles. The van der Waals surface area contributed by atoms with Gasteiger partial charge >= 0.3 is 0 Å². The number of halogens is 1. The molecule has 104 valence electrons. The summed E-state index contributed by atoms with van der Waals surface area (Å²) in [5.41, 5.74) is 1.71. The fourth-order valence-corrected chi connectivity index (χ4v) is 3.77. The Hall–Kier alpha value is -1.72. The molecule has 0 aromatic heterocycles. The fourth-order valence-electron chi connectivity index (χ4n) is 2.22. The van der Waals surface area contributed by atoms with Crippen LogP contribution in [0.3, 0.4) is 0 Å². The number of sulfonamides is 1. The van der Waals surface area contributed by atoms with E-state index in [1.54, 1.807) is 36.4 Å². The molecule has 1 heterocycles. The van der Waals surface area contributed by atoms with E-state index in [2.05, 4.69) is 0 Å². The summed E-state index contributed by atoms with van der Waals surface area (Å²) >= 11 is 0.